The predicted octanol–water partition coefficient (Wildman–Crippen LogP) is -1.51. The minimum absolute atomic E-state index is 0.125. The van der Waals surface area contributed by atoms with Crippen molar-refractivity contribution in [3.8, 4) is 0 Å². The minimum Gasteiger partial charge on any atom is -0.316 e. The topological polar surface area (TPSA) is 72.2 Å². The zero-order valence-corrected chi connectivity index (χ0v) is 5.82. The molecule has 0 bridgehead atoms. The van der Waals surface area contributed by atoms with Crippen LogP contribution in [0.4, 0.5) is 0 Å². The number of primary sulfonamides is 1. The van der Waals surface area contributed by atoms with E-state index in [1.54, 1.807) is 0 Å². The summed E-state index contributed by atoms with van der Waals surface area (Å²) in [5.74, 6) is 0.375. The van der Waals surface area contributed by atoms with Gasteiger partial charge in [0.15, 0.2) is 0 Å². The summed E-state index contributed by atoms with van der Waals surface area (Å²) in [4.78, 5) is 0. The van der Waals surface area contributed by atoms with E-state index in [1.807, 2.05) is 0 Å². The molecule has 3 N–H and O–H groups in total. The fourth-order valence-electron chi connectivity index (χ4n) is 0.795. The van der Waals surface area contributed by atoms with Gasteiger partial charge in [0.25, 0.3) is 0 Å². The van der Waals surface area contributed by atoms with Crippen LogP contribution in [0.2, 0.25) is 0 Å². The average Bonchev–Trinajstić information content (AvgIpc) is 1.53. The lowest BCUT2D eigenvalue weighted by molar-refractivity contribution is 0.378. The Hall–Kier alpha value is -0.130. The predicted molar refractivity (Wildman–Crippen MR) is 34.3 cm³/mol. The smallest absolute Gasteiger partial charge is 0.209 e. The molecule has 1 heterocycles. The summed E-state index contributed by atoms with van der Waals surface area (Å²) < 4.78 is 20.8. The van der Waals surface area contributed by atoms with Crippen LogP contribution < -0.4 is 10.5 Å². The van der Waals surface area contributed by atoms with E-state index in [2.05, 4.69) is 5.32 Å². The molecule has 0 aromatic rings. The second-order valence-corrected chi connectivity index (χ2v) is 4.01. The van der Waals surface area contributed by atoms with Crippen molar-refractivity contribution in [2.75, 3.05) is 18.8 Å². The Morgan fingerprint density at radius 2 is 2.11 bits per heavy atom. The summed E-state index contributed by atoms with van der Waals surface area (Å²) >= 11 is 0. The highest BCUT2D eigenvalue weighted by Gasteiger charge is 2.21. The largest absolute Gasteiger partial charge is 0.316 e. The molecule has 0 atom stereocenters. The van der Waals surface area contributed by atoms with Crippen LogP contribution in [0.3, 0.4) is 0 Å². The third-order valence-electron chi connectivity index (χ3n) is 1.33. The first-order chi connectivity index (χ1) is 4.08. The Labute approximate surface area is 54.5 Å². The summed E-state index contributed by atoms with van der Waals surface area (Å²) in [5.41, 5.74) is 0. The zero-order chi connectivity index (χ0) is 6.91. The normalized spacial score (nSPS) is 21.4. The summed E-state index contributed by atoms with van der Waals surface area (Å²) in [7, 11) is -3.22. The van der Waals surface area contributed by atoms with Crippen LogP contribution in [0.1, 0.15) is 0 Å². The molecule has 0 spiro atoms. The first kappa shape index (κ1) is 6.98. The first-order valence-corrected chi connectivity index (χ1v) is 4.50. The molecule has 0 saturated carbocycles. The van der Waals surface area contributed by atoms with Gasteiger partial charge in [-0.1, -0.05) is 0 Å². The Balaban J connectivity index is 2.33. The number of rotatable bonds is 2. The van der Waals surface area contributed by atoms with E-state index in [-0.39, 0.29) is 11.7 Å². The Kier molecular flexibility index (Phi) is 1.74. The molecule has 5 heteroatoms. The second kappa shape index (κ2) is 2.24. The van der Waals surface area contributed by atoms with Crippen LogP contribution in [0.5, 0.6) is 0 Å². The molecule has 1 rings (SSSR count). The molecule has 1 aliphatic heterocycles. The monoisotopic (exact) mass is 150 g/mol. The molecule has 1 aliphatic rings. The van der Waals surface area contributed by atoms with Gasteiger partial charge in [-0.3, -0.25) is 0 Å². The van der Waals surface area contributed by atoms with Gasteiger partial charge in [0.1, 0.15) is 0 Å². The van der Waals surface area contributed by atoms with E-state index in [4.69, 9.17) is 5.14 Å². The zero-order valence-electron chi connectivity index (χ0n) is 5.00. The first-order valence-electron chi connectivity index (χ1n) is 2.79. The fourth-order valence-corrected chi connectivity index (χ4v) is 1.69. The molecular formula is C4H10N2O2S. The molecule has 54 valence electrons. The van der Waals surface area contributed by atoms with Gasteiger partial charge in [0, 0.05) is 13.1 Å². The Morgan fingerprint density at radius 3 is 2.22 bits per heavy atom. The maximum absolute atomic E-state index is 10.4. The van der Waals surface area contributed by atoms with Crippen molar-refractivity contribution < 1.29 is 8.42 Å². The van der Waals surface area contributed by atoms with Gasteiger partial charge in [-0.2, -0.15) is 0 Å². The molecule has 0 aromatic heterocycles. The van der Waals surface area contributed by atoms with Gasteiger partial charge < -0.3 is 5.32 Å². The van der Waals surface area contributed by atoms with E-state index < -0.39 is 10.0 Å². The quantitative estimate of drug-likeness (QED) is 0.503. The van der Waals surface area contributed by atoms with E-state index in [1.165, 1.54) is 0 Å². The Bertz CT molecular complexity index is 183. The number of hydrogen-bond donors (Lipinski definition) is 2. The number of sulfonamides is 1. The highest BCUT2D eigenvalue weighted by molar-refractivity contribution is 7.89. The van der Waals surface area contributed by atoms with Crippen molar-refractivity contribution in [1.29, 1.82) is 0 Å². The van der Waals surface area contributed by atoms with Crippen LogP contribution in [-0.4, -0.2) is 27.3 Å². The molecule has 1 fully saturated rings. The average molecular weight is 150 g/mol. The SMILES string of the molecule is NS(=O)(=O)CC1CNC1. The fraction of sp³-hybridized carbons (Fsp3) is 1.00. The highest BCUT2D eigenvalue weighted by Crippen LogP contribution is 2.03. The third-order valence-corrected chi connectivity index (χ3v) is 2.27. The number of hydrogen-bond acceptors (Lipinski definition) is 3. The van der Waals surface area contributed by atoms with Crippen LogP contribution in [0.25, 0.3) is 0 Å². The molecule has 4 nitrogen and oxygen atoms in total. The van der Waals surface area contributed by atoms with Gasteiger partial charge in [-0.25, -0.2) is 13.6 Å². The maximum atomic E-state index is 10.4. The van der Waals surface area contributed by atoms with Crippen LogP contribution in [0.15, 0.2) is 0 Å². The molecule has 0 aliphatic carbocycles. The van der Waals surface area contributed by atoms with E-state index in [0.29, 0.717) is 0 Å². The van der Waals surface area contributed by atoms with Crippen LogP contribution in [0, 0.1) is 5.92 Å². The minimum atomic E-state index is -3.22. The molecule has 0 unspecified atom stereocenters. The number of nitrogens with two attached hydrogens (primary N) is 1. The lowest BCUT2D eigenvalue weighted by atomic mass is 10.1. The van der Waals surface area contributed by atoms with E-state index in [0.717, 1.165) is 13.1 Å². The van der Waals surface area contributed by atoms with Gasteiger partial charge in [0.2, 0.25) is 10.0 Å². The third kappa shape index (κ3) is 2.30. The standard InChI is InChI=1S/C4H10N2O2S/c5-9(7,8)3-4-1-6-2-4/h4,6H,1-3H2,(H2,5,7,8). The van der Waals surface area contributed by atoms with Gasteiger partial charge in [0.05, 0.1) is 5.75 Å². The van der Waals surface area contributed by atoms with Crippen molar-refractivity contribution in [3.63, 3.8) is 0 Å². The van der Waals surface area contributed by atoms with Crippen molar-refractivity contribution in [1.82, 2.24) is 5.32 Å². The Morgan fingerprint density at radius 1 is 1.56 bits per heavy atom. The lowest BCUT2D eigenvalue weighted by Gasteiger charge is -2.25. The molecule has 0 amide bonds. The van der Waals surface area contributed by atoms with Gasteiger partial charge in [-0.05, 0) is 5.92 Å². The van der Waals surface area contributed by atoms with E-state index >= 15 is 0 Å². The van der Waals surface area contributed by atoms with Crippen molar-refractivity contribution in [3.05, 3.63) is 0 Å². The maximum Gasteiger partial charge on any atom is 0.209 e. The molecule has 9 heavy (non-hydrogen) atoms. The second-order valence-electron chi connectivity index (χ2n) is 2.35. The van der Waals surface area contributed by atoms with Crippen molar-refractivity contribution in [2.45, 2.75) is 0 Å². The van der Waals surface area contributed by atoms with Crippen LogP contribution >= 0.6 is 0 Å². The summed E-state index contributed by atoms with van der Waals surface area (Å²) in [6, 6.07) is 0. The summed E-state index contributed by atoms with van der Waals surface area (Å²) in [6.45, 7) is 1.58. The lowest BCUT2D eigenvalue weighted by Crippen LogP contribution is -2.46. The van der Waals surface area contributed by atoms with Crippen molar-refractivity contribution >= 4 is 10.0 Å². The number of nitrogens with one attached hydrogen (secondary N) is 1. The van der Waals surface area contributed by atoms with Crippen LogP contribution in [-0.2, 0) is 10.0 Å². The van der Waals surface area contributed by atoms with Gasteiger partial charge >= 0.3 is 0 Å². The molecule has 0 radical (unpaired) electrons. The molecule has 1 saturated heterocycles. The summed E-state index contributed by atoms with van der Waals surface area (Å²) in [6.07, 6.45) is 0. The van der Waals surface area contributed by atoms with Gasteiger partial charge in [-0.15, -0.1) is 0 Å². The summed E-state index contributed by atoms with van der Waals surface area (Å²) in [5, 5.41) is 7.75. The van der Waals surface area contributed by atoms with E-state index in [9.17, 15) is 8.42 Å². The highest BCUT2D eigenvalue weighted by atomic mass is 32.2. The van der Waals surface area contributed by atoms with Crippen molar-refractivity contribution in [2.24, 2.45) is 11.1 Å². The molecule has 0 aromatic carbocycles. The molecular weight excluding hydrogens is 140 g/mol.